The van der Waals surface area contributed by atoms with Crippen LogP contribution in [0.25, 0.3) is 0 Å². The molecule has 0 bridgehead atoms. The Morgan fingerprint density at radius 2 is 1.76 bits per heavy atom. The van der Waals surface area contributed by atoms with Gasteiger partial charge in [0.05, 0.1) is 19.8 Å². The third-order valence-corrected chi connectivity index (χ3v) is 6.36. The molecule has 1 unspecified atom stereocenters. The maximum absolute atomic E-state index is 12.8. The molecule has 4 N–H and O–H groups in total. The van der Waals surface area contributed by atoms with Gasteiger partial charge in [0.15, 0.2) is 0 Å². The first kappa shape index (κ1) is 31.3. The second-order valence-electron chi connectivity index (χ2n) is 9.64. The van der Waals surface area contributed by atoms with E-state index >= 15 is 0 Å². The molecule has 0 saturated carbocycles. The third-order valence-electron chi connectivity index (χ3n) is 6.36. The summed E-state index contributed by atoms with van der Waals surface area (Å²) >= 11 is 0. The maximum Gasteiger partial charge on any atom is 0.243 e. The minimum Gasteiger partial charge on any atom is -0.493 e. The molecule has 0 spiro atoms. The van der Waals surface area contributed by atoms with Crippen LogP contribution in [0.15, 0.2) is 54.6 Å². The summed E-state index contributed by atoms with van der Waals surface area (Å²) in [5.41, 5.74) is 8.24. The maximum atomic E-state index is 12.8. The average molecular weight is 528 g/mol. The molecule has 0 aliphatic rings. The van der Waals surface area contributed by atoms with Crippen molar-refractivity contribution in [3.63, 3.8) is 0 Å². The lowest BCUT2D eigenvalue weighted by Crippen LogP contribution is -2.50. The Morgan fingerprint density at radius 1 is 1.00 bits per heavy atom. The molecular weight excluding hydrogens is 482 g/mol. The molecule has 8 heteroatoms. The molecule has 2 amide bonds. The van der Waals surface area contributed by atoms with Crippen molar-refractivity contribution in [1.82, 2.24) is 10.6 Å². The van der Waals surface area contributed by atoms with Crippen LogP contribution < -0.4 is 21.1 Å². The lowest BCUT2D eigenvalue weighted by atomic mass is 9.97. The van der Waals surface area contributed by atoms with Crippen LogP contribution in [-0.4, -0.2) is 50.8 Å². The van der Waals surface area contributed by atoms with Gasteiger partial charge in [0.25, 0.3) is 0 Å². The van der Waals surface area contributed by atoms with Crippen LogP contribution in [-0.2, 0) is 32.2 Å². The Balaban J connectivity index is 1.67. The van der Waals surface area contributed by atoms with Gasteiger partial charge in [-0.3, -0.25) is 9.59 Å². The number of nitrogens with one attached hydrogen (secondary N) is 2. The van der Waals surface area contributed by atoms with Crippen molar-refractivity contribution >= 4 is 11.8 Å². The highest BCUT2D eigenvalue weighted by atomic mass is 16.5. The molecule has 2 aromatic carbocycles. The van der Waals surface area contributed by atoms with Gasteiger partial charge in [0.2, 0.25) is 11.8 Å². The zero-order chi connectivity index (χ0) is 27.6. The Kier molecular flexibility index (Phi) is 15.1. The Morgan fingerprint density at radius 3 is 2.50 bits per heavy atom. The fourth-order valence-corrected chi connectivity index (χ4v) is 3.90. The van der Waals surface area contributed by atoms with Gasteiger partial charge in [-0.2, -0.15) is 0 Å². The van der Waals surface area contributed by atoms with Gasteiger partial charge in [0.1, 0.15) is 11.8 Å². The number of carbonyl (C=O) groups excluding carboxylic acids is 2. The normalized spacial score (nSPS) is 13.4. The van der Waals surface area contributed by atoms with Crippen LogP contribution >= 0.6 is 0 Å². The molecule has 0 aliphatic heterocycles. The zero-order valence-corrected chi connectivity index (χ0v) is 23.1. The van der Waals surface area contributed by atoms with E-state index in [1.165, 1.54) is 0 Å². The summed E-state index contributed by atoms with van der Waals surface area (Å²) < 4.78 is 16.5. The van der Waals surface area contributed by atoms with Crippen molar-refractivity contribution in [2.24, 2.45) is 11.7 Å². The smallest absolute Gasteiger partial charge is 0.243 e. The molecular formula is C30H45N3O5. The summed E-state index contributed by atoms with van der Waals surface area (Å²) in [5.74, 6) is 0.535. The van der Waals surface area contributed by atoms with Gasteiger partial charge in [-0.1, -0.05) is 62.7 Å². The number of carbonyl (C=O) groups is 2. The van der Waals surface area contributed by atoms with Crippen LogP contribution in [0, 0.1) is 5.92 Å². The molecule has 0 radical (unpaired) electrons. The van der Waals surface area contributed by atoms with Gasteiger partial charge in [-0.05, 0) is 42.0 Å². The minimum absolute atomic E-state index is 0.0274. The molecule has 3 atom stereocenters. The van der Waals surface area contributed by atoms with E-state index in [-0.39, 0.29) is 23.8 Å². The summed E-state index contributed by atoms with van der Waals surface area (Å²) in [6.45, 7) is 6.54. The van der Waals surface area contributed by atoms with Crippen LogP contribution in [0.1, 0.15) is 57.1 Å². The third kappa shape index (κ3) is 12.5. The van der Waals surface area contributed by atoms with Crippen LogP contribution in [0.3, 0.4) is 0 Å². The zero-order valence-electron chi connectivity index (χ0n) is 23.1. The quantitative estimate of drug-likeness (QED) is 0.239. The molecule has 0 heterocycles. The van der Waals surface area contributed by atoms with E-state index in [1.54, 1.807) is 7.11 Å². The Hall–Kier alpha value is -2.94. The van der Waals surface area contributed by atoms with Crippen molar-refractivity contribution < 1.29 is 23.8 Å². The highest BCUT2D eigenvalue weighted by molar-refractivity contribution is 5.87. The number of ether oxygens (including phenoxy) is 3. The highest BCUT2D eigenvalue weighted by Gasteiger charge is 2.25. The highest BCUT2D eigenvalue weighted by Crippen LogP contribution is 2.15. The van der Waals surface area contributed by atoms with E-state index in [2.05, 4.69) is 10.6 Å². The van der Waals surface area contributed by atoms with E-state index in [0.29, 0.717) is 52.2 Å². The van der Waals surface area contributed by atoms with Crippen molar-refractivity contribution in [3.05, 3.63) is 65.7 Å². The number of methoxy groups -OCH3 is 1. The number of hydrogen-bond donors (Lipinski definition) is 3. The van der Waals surface area contributed by atoms with Crippen LogP contribution in [0.5, 0.6) is 5.75 Å². The first-order valence-electron chi connectivity index (χ1n) is 13.6. The SMILES string of the molecule is CC[C@H](C)C(NC(=O)CCC[C@@H](N)COCc1cccc(OCCCOC)c1)C(=O)NCc1ccccc1. The van der Waals surface area contributed by atoms with Crippen molar-refractivity contribution in [1.29, 1.82) is 0 Å². The average Bonchev–Trinajstić information content (AvgIpc) is 2.93. The van der Waals surface area contributed by atoms with Crippen molar-refractivity contribution in [2.75, 3.05) is 26.9 Å². The number of hydrogen-bond acceptors (Lipinski definition) is 6. The monoisotopic (exact) mass is 527 g/mol. The minimum atomic E-state index is -0.562. The second kappa shape index (κ2) is 18.3. The standard InChI is InChI=1S/C30H45N3O5/c1-4-23(2)29(30(35)32-20-24-11-6-5-7-12-24)33-28(34)16-9-14-26(31)22-37-21-25-13-8-15-27(19-25)38-18-10-17-36-3/h5-8,11-13,15,19,23,26,29H,4,9-10,14,16-18,20-22,31H2,1-3H3,(H,32,35)(H,33,34)/t23-,26+,29?/m0/s1. The van der Waals surface area contributed by atoms with Crippen molar-refractivity contribution in [3.8, 4) is 5.75 Å². The number of benzene rings is 2. The topological polar surface area (TPSA) is 112 Å². The van der Waals surface area contributed by atoms with Crippen LogP contribution in [0.2, 0.25) is 0 Å². The van der Waals surface area contributed by atoms with Gasteiger partial charge in [0, 0.05) is 39.1 Å². The van der Waals surface area contributed by atoms with Gasteiger partial charge in [-0.15, -0.1) is 0 Å². The summed E-state index contributed by atoms with van der Waals surface area (Å²) in [5, 5.41) is 5.87. The lowest BCUT2D eigenvalue weighted by molar-refractivity contribution is -0.130. The van der Waals surface area contributed by atoms with Gasteiger partial charge in [-0.25, -0.2) is 0 Å². The first-order chi connectivity index (χ1) is 18.4. The second-order valence-corrected chi connectivity index (χ2v) is 9.64. The first-order valence-corrected chi connectivity index (χ1v) is 13.6. The Labute approximate surface area is 227 Å². The van der Waals surface area contributed by atoms with E-state index in [0.717, 1.165) is 29.7 Å². The molecule has 0 aliphatic carbocycles. The van der Waals surface area contributed by atoms with E-state index in [4.69, 9.17) is 19.9 Å². The van der Waals surface area contributed by atoms with Gasteiger partial charge < -0.3 is 30.6 Å². The van der Waals surface area contributed by atoms with E-state index in [1.807, 2.05) is 68.4 Å². The molecule has 210 valence electrons. The number of amides is 2. The number of rotatable bonds is 19. The molecule has 2 rings (SSSR count). The molecule has 2 aromatic rings. The molecule has 0 saturated heterocycles. The largest absolute Gasteiger partial charge is 0.493 e. The van der Waals surface area contributed by atoms with E-state index < -0.39 is 6.04 Å². The summed E-state index contributed by atoms with van der Waals surface area (Å²) in [7, 11) is 1.68. The van der Waals surface area contributed by atoms with E-state index in [9.17, 15) is 9.59 Å². The van der Waals surface area contributed by atoms with Crippen LogP contribution in [0.4, 0.5) is 0 Å². The molecule has 8 nitrogen and oxygen atoms in total. The summed E-state index contributed by atoms with van der Waals surface area (Å²) in [6.07, 6.45) is 3.22. The Bertz CT molecular complexity index is 940. The predicted octanol–water partition coefficient (Wildman–Crippen LogP) is 3.96. The fourth-order valence-electron chi connectivity index (χ4n) is 3.90. The van der Waals surface area contributed by atoms with Gasteiger partial charge >= 0.3 is 0 Å². The number of nitrogens with two attached hydrogens (primary N) is 1. The summed E-state index contributed by atoms with van der Waals surface area (Å²) in [4.78, 5) is 25.4. The fraction of sp³-hybridized carbons (Fsp3) is 0.533. The predicted molar refractivity (Wildman–Crippen MR) is 150 cm³/mol. The molecule has 38 heavy (non-hydrogen) atoms. The molecule has 0 fully saturated rings. The van der Waals surface area contributed by atoms with Crippen molar-refractivity contribution in [2.45, 2.75) is 71.2 Å². The lowest BCUT2D eigenvalue weighted by Gasteiger charge is -2.24. The summed E-state index contributed by atoms with van der Waals surface area (Å²) in [6, 6.07) is 16.8. The molecule has 0 aromatic heterocycles.